The third-order valence-corrected chi connectivity index (χ3v) is 3.76. The van der Waals surface area contributed by atoms with Crippen molar-refractivity contribution in [2.24, 2.45) is 0 Å². The van der Waals surface area contributed by atoms with E-state index < -0.39 is 0 Å². The summed E-state index contributed by atoms with van der Waals surface area (Å²) in [5.41, 5.74) is 1.47. The maximum atomic E-state index is 5.58. The highest BCUT2D eigenvalue weighted by Gasteiger charge is 2.21. The summed E-state index contributed by atoms with van der Waals surface area (Å²) in [4.78, 5) is 1.43. The summed E-state index contributed by atoms with van der Waals surface area (Å²) >= 11 is 1.95. The first-order chi connectivity index (χ1) is 7.40. The molecule has 0 aromatic heterocycles. The van der Waals surface area contributed by atoms with Crippen molar-refractivity contribution in [3.63, 3.8) is 0 Å². The van der Waals surface area contributed by atoms with Gasteiger partial charge in [-0.3, -0.25) is 0 Å². The minimum atomic E-state index is 0.604. The Bertz CT molecular complexity index is 321. The third kappa shape index (κ3) is 2.86. The lowest BCUT2D eigenvalue weighted by molar-refractivity contribution is 0.164. The van der Waals surface area contributed by atoms with Crippen molar-refractivity contribution in [2.75, 3.05) is 13.2 Å². The van der Waals surface area contributed by atoms with Gasteiger partial charge in [-0.25, -0.2) is 0 Å². The van der Waals surface area contributed by atoms with Gasteiger partial charge in [0.1, 0.15) is 0 Å². The summed E-state index contributed by atoms with van der Waals surface area (Å²) in [6.45, 7) is 3.61. The van der Waals surface area contributed by atoms with Crippen molar-refractivity contribution in [1.82, 2.24) is 0 Å². The Balaban J connectivity index is 1.80. The molecule has 1 unspecified atom stereocenters. The van der Waals surface area contributed by atoms with Gasteiger partial charge in [0.15, 0.2) is 0 Å². The van der Waals surface area contributed by atoms with E-state index in [1.807, 2.05) is 30.8 Å². The van der Waals surface area contributed by atoms with Crippen molar-refractivity contribution in [1.29, 1.82) is 0 Å². The fourth-order valence-corrected chi connectivity index (χ4v) is 2.96. The highest BCUT2D eigenvalue weighted by molar-refractivity contribution is 8.00. The summed E-state index contributed by atoms with van der Waals surface area (Å²) in [5.74, 6) is 0. The number of allylic oxidation sites excluding steroid dienone is 1. The fourth-order valence-electron chi connectivity index (χ4n) is 1.71. The van der Waals surface area contributed by atoms with Crippen molar-refractivity contribution >= 4 is 11.8 Å². The number of thioether (sulfide) groups is 1. The van der Waals surface area contributed by atoms with Crippen molar-refractivity contribution in [2.45, 2.75) is 23.5 Å². The average Bonchev–Trinajstić information content (AvgIpc) is 2.67. The van der Waals surface area contributed by atoms with E-state index in [1.54, 1.807) is 0 Å². The number of ether oxygens (including phenoxy) is 1. The van der Waals surface area contributed by atoms with Crippen LogP contribution in [0.3, 0.4) is 0 Å². The van der Waals surface area contributed by atoms with Gasteiger partial charge in [-0.2, -0.15) is 0 Å². The second-order valence-electron chi connectivity index (χ2n) is 3.66. The Morgan fingerprint density at radius 2 is 2.33 bits per heavy atom. The molecule has 1 nitrogen and oxygen atoms in total. The van der Waals surface area contributed by atoms with E-state index in [0.717, 1.165) is 19.6 Å². The molecule has 1 aromatic rings. The van der Waals surface area contributed by atoms with Gasteiger partial charge in [-0.15, -0.1) is 11.8 Å². The van der Waals surface area contributed by atoms with Gasteiger partial charge >= 0.3 is 0 Å². The zero-order chi connectivity index (χ0) is 10.5. The standard InChI is InChI=1S/C13H16OS/c1-2-3-8-14-10-12-9-11-6-4-5-7-13(11)15-12/h2-7,12H,8-10H2,1H3. The summed E-state index contributed by atoms with van der Waals surface area (Å²) in [5, 5.41) is 0.604. The molecule has 1 atom stereocenters. The molecule has 0 fully saturated rings. The van der Waals surface area contributed by atoms with Crippen LogP contribution < -0.4 is 0 Å². The Morgan fingerprint density at radius 1 is 1.47 bits per heavy atom. The van der Waals surface area contributed by atoms with Crippen LogP contribution in [0, 0.1) is 0 Å². The molecule has 0 spiro atoms. The van der Waals surface area contributed by atoms with Gasteiger partial charge in [0.25, 0.3) is 0 Å². The molecule has 80 valence electrons. The second kappa shape index (κ2) is 5.38. The van der Waals surface area contributed by atoms with Crippen LogP contribution in [-0.2, 0) is 11.2 Å². The highest BCUT2D eigenvalue weighted by atomic mass is 32.2. The minimum absolute atomic E-state index is 0.604. The van der Waals surface area contributed by atoms with Crippen LogP contribution in [0.15, 0.2) is 41.3 Å². The normalized spacial score (nSPS) is 19.7. The van der Waals surface area contributed by atoms with Crippen LogP contribution in [-0.4, -0.2) is 18.5 Å². The maximum Gasteiger partial charge on any atom is 0.0647 e. The van der Waals surface area contributed by atoms with Gasteiger partial charge in [0.2, 0.25) is 0 Å². The molecular formula is C13H16OS. The third-order valence-electron chi connectivity index (χ3n) is 2.47. The van der Waals surface area contributed by atoms with Gasteiger partial charge in [0.05, 0.1) is 13.2 Å². The lowest BCUT2D eigenvalue weighted by atomic mass is 10.1. The van der Waals surface area contributed by atoms with Gasteiger partial charge < -0.3 is 4.74 Å². The number of hydrogen-bond donors (Lipinski definition) is 0. The van der Waals surface area contributed by atoms with Crippen molar-refractivity contribution < 1.29 is 4.74 Å². The van der Waals surface area contributed by atoms with E-state index in [4.69, 9.17) is 4.74 Å². The summed E-state index contributed by atoms with van der Waals surface area (Å²) < 4.78 is 5.58. The number of benzene rings is 1. The molecule has 1 aliphatic heterocycles. The molecule has 1 heterocycles. The summed E-state index contributed by atoms with van der Waals surface area (Å²) in [7, 11) is 0. The molecule has 2 heteroatoms. The molecule has 0 bridgehead atoms. The maximum absolute atomic E-state index is 5.58. The molecule has 15 heavy (non-hydrogen) atoms. The van der Waals surface area contributed by atoms with E-state index in [1.165, 1.54) is 10.5 Å². The van der Waals surface area contributed by atoms with E-state index in [-0.39, 0.29) is 0 Å². The monoisotopic (exact) mass is 220 g/mol. The molecule has 2 rings (SSSR count). The molecule has 0 N–H and O–H groups in total. The Labute approximate surface area is 95.5 Å². The molecule has 0 radical (unpaired) electrons. The van der Waals surface area contributed by atoms with Gasteiger partial charge in [-0.05, 0) is 25.0 Å². The zero-order valence-corrected chi connectivity index (χ0v) is 9.80. The smallest absolute Gasteiger partial charge is 0.0647 e. The van der Waals surface area contributed by atoms with Crippen molar-refractivity contribution in [3.05, 3.63) is 42.0 Å². The predicted molar refractivity (Wildman–Crippen MR) is 65.4 cm³/mol. The number of fused-ring (bicyclic) bond motifs is 1. The lowest BCUT2D eigenvalue weighted by Crippen LogP contribution is -2.10. The molecular weight excluding hydrogens is 204 g/mol. The van der Waals surface area contributed by atoms with Crippen LogP contribution in [0.2, 0.25) is 0 Å². The first-order valence-corrected chi connectivity index (χ1v) is 6.21. The molecule has 0 amide bonds. The Kier molecular flexibility index (Phi) is 3.87. The Morgan fingerprint density at radius 3 is 3.13 bits per heavy atom. The second-order valence-corrected chi connectivity index (χ2v) is 5.00. The first-order valence-electron chi connectivity index (χ1n) is 5.33. The molecule has 1 aliphatic rings. The number of hydrogen-bond acceptors (Lipinski definition) is 2. The first kappa shape index (κ1) is 10.8. The van der Waals surface area contributed by atoms with Gasteiger partial charge in [0, 0.05) is 10.1 Å². The minimum Gasteiger partial charge on any atom is -0.376 e. The van der Waals surface area contributed by atoms with E-state index in [9.17, 15) is 0 Å². The quantitative estimate of drug-likeness (QED) is 0.569. The predicted octanol–water partition coefficient (Wildman–Crippen LogP) is 3.30. The number of rotatable bonds is 4. The van der Waals surface area contributed by atoms with Crippen LogP contribution in [0.4, 0.5) is 0 Å². The Hall–Kier alpha value is -0.730. The van der Waals surface area contributed by atoms with E-state index in [2.05, 4.69) is 24.3 Å². The van der Waals surface area contributed by atoms with Crippen LogP contribution in [0.25, 0.3) is 0 Å². The van der Waals surface area contributed by atoms with E-state index in [0.29, 0.717) is 5.25 Å². The van der Waals surface area contributed by atoms with E-state index >= 15 is 0 Å². The van der Waals surface area contributed by atoms with Crippen LogP contribution in [0.1, 0.15) is 12.5 Å². The molecule has 1 aromatic carbocycles. The topological polar surface area (TPSA) is 9.23 Å². The molecule has 0 saturated heterocycles. The largest absolute Gasteiger partial charge is 0.376 e. The average molecular weight is 220 g/mol. The van der Waals surface area contributed by atoms with Crippen LogP contribution >= 0.6 is 11.8 Å². The van der Waals surface area contributed by atoms with Crippen molar-refractivity contribution in [3.8, 4) is 0 Å². The zero-order valence-electron chi connectivity index (χ0n) is 8.98. The highest BCUT2D eigenvalue weighted by Crippen LogP contribution is 2.36. The van der Waals surface area contributed by atoms with Gasteiger partial charge in [-0.1, -0.05) is 30.4 Å². The molecule has 0 aliphatic carbocycles. The lowest BCUT2D eigenvalue weighted by Gasteiger charge is -2.07. The summed E-state index contributed by atoms with van der Waals surface area (Å²) in [6.07, 6.45) is 5.22. The fraction of sp³-hybridized carbons (Fsp3) is 0.385. The summed E-state index contributed by atoms with van der Waals surface area (Å²) in [6, 6.07) is 8.64. The molecule has 0 saturated carbocycles. The SMILES string of the molecule is CC=CCOCC1Cc2ccccc2S1. The van der Waals surface area contributed by atoms with Crippen LogP contribution in [0.5, 0.6) is 0 Å².